The van der Waals surface area contributed by atoms with Gasteiger partial charge in [-0.05, 0) is 43.0 Å². The van der Waals surface area contributed by atoms with Crippen molar-refractivity contribution in [3.63, 3.8) is 0 Å². The van der Waals surface area contributed by atoms with Gasteiger partial charge in [-0.2, -0.15) is 0 Å². The van der Waals surface area contributed by atoms with Crippen molar-refractivity contribution < 1.29 is 0 Å². The fourth-order valence-electron chi connectivity index (χ4n) is 1.85. The van der Waals surface area contributed by atoms with Crippen LogP contribution in [-0.4, -0.2) is 13.1 Å². The number of hydrogen-bond acceptors (Lipinski definition) is 1. The summed E-state index contributed by atoms with van der Waals surface area (Å²) in [5.74, 6) is 0. The van der Waals surface area contributed by atoms with Crippen LogP contribution in [0.4, 0.5) is 0 Å². The number of rotatable bonds is 6. The Labute approximate surface area is 108 Å². The molecule has 0 bridgehead atoms. The quantitative estimate of drug-likeness (QED) is 0.778. The van der Waals surface area contributed by atoms with Crippen LogP contribution in [0.2, 0.25) is 0 Å². The van der Waals surface area contributed by atoms with Crippen molar-refractivity contribution >= 4 is 15.9 Å². The van der Waals surface area contributed by atoms with Gasteiger partial charge in [-0.3, -0.25) is 0 Å². The number of hydrogen-bond donors (Lipinski definition) is 1. The molecule has 0 aliphatic rings. The van der Waals surface area contributed by atoms with Gasteiger partial charge in [0.2, 0.25) is 0 Å². The zero-order chi connectivity index (χ0) is 12.0. The maximum atomic E-state index is 3.62. The van der Waals surface area contributed by atoms with E-state index < -0.39 is 0 Å². The number of halogens is 1. The molecule has 1 aromatic rings. The van der Waals surface area contributed by atoms with Crippen molar-refractivity contribution in [3.8, 4) is 0 Å². The Bertz CT molecular complexity index is 320. The molecule has 1 rings (SSSR count). The van der Waals surface area contributed by atoms with Crippen molar-refractivity contribution in [1.82, 2.24) is 5.32 Å². The summed E-state index contributed by atoms with van der Waals surface area (Å²) in [6.07, 6.45) is 2.34. The molecule has 0 spiro atoms. The van der Waals surface area contributed by atoms with Gasteiger partial charge >= 0.3 is 0 Å². The van der Waals surface area contributed by atoms with Crippen LogP contribution < -0.4 is 5.32 Å². The summed E-state index contributed by atoms with van der Waals surface area (Å²) < 4.78 is 1.23. The molecule has 1 aromatic carbocycles. The third-order valence-electron chi connectivity index (χ3n) is 2.86. The average molecular weight is 284 g/mol. The Balaban J connectivity index is 2.55. The van der Waals surface area contributed by atoms with Gasteiger partial charge in [0.1, 0.15) is 0 Å². The van der Waals surface area contributed by atoms with Gasteiger partial charge in [-0.25, -0.2) is 0 Å². The molecule has 0 aliphatic heterocycles. The standard InChI is InChI=1S/C14H22BrN/c1-4-16-10-9-14(2,3)11-12-7-5-6-8-13(12)15/h5-8,16H,4,9-11H2,1-3H3. The zero-order valence-electron chi connectivity index (χ0n) is 10.5. The predicted octanol–water partition coefficient (Wildman–Crippen LogP) is 4.02. The molecule has 0 amide bonds. The van der Waals surface area contributed by atoms with Crippen molar-refractivity contribution in [3.05, 3.63) is 34.3 Å². The zero-order valence-corrected chi connectivity index (χ0v) is 12.1. The largest absolute Gasteiger partial charge is 0.317 e. The molecule has 90 valence electrons. The third kappa shape index (κ3) is 4.67. The topological polar surface area (TPSA) is 12.0 Å². The van der Waals surface area contributed by atoms with Crippen LogP contribution in [0.25, 0.3) is 0 Å². The second-order valence-corrected chi connectivity index (χ2v) is 5.89. The molecule has 0 radical (unpaired) electrons. The van der Waals surface area contributed by atoms with E-state index in [4.69, 9.17) is 0 Å². The summed E-state index contributed by atoms with van der Waals surface area (Å²) in [7, 11) is 0. The highest BCUT2D eigenvalue weighted by Crippen LogP contribution is 2.29. The first-order valence-corrected chi connectivity index (χ1v) is 6.78. The highest BCUT2D eigenvalue weighted by molar-refractivity contribution is 9.10. The van der Waals surface area contributed by atoms with Crippen molar-refractivity contribution in [1.29, 1.82) is 0 Å². The molecule has 16 heavy (non-hydrogen) atoms. The molecule has 1 nitrogen and oxygen atoms in total. The second kappa shape index (κ2) is 6.41. The van der Waals surface area contributed by atoms with E-state index in [0.717, 1.165) is 19.5 Å². The van der Waals surface area contributed by atoms with E-state index in [1.54, 1.807) is 0 Å². The van der Waals surface area contributed by atoms with Gasteiger partial charge in [0.05, 0.1) is 0 Å². The molecule has 0 saturated heterocycles. The van der Waals surface area contributed by atoms with Gasteiger partial charge in [-0.1, -0.05) is 54.9 Å². The van der Waals surface area contributed by atoms with Crippen LogP contribution in [0.1, 0.15) is 32.8 Å². The van der Waals surface area contributed by atoms with E-state index in [9.17, 15) is 0 Å². The molecule has 1 N–H and O–H groups in total. The second-order valence-electron chi connectivity index (χ2n) is 5.04. The molecule has 0 aromatic heterocycles. The lowest BCUT2D eigenvalue weighted by molar-refractivity contribution is 0.326. The summed E-state index contributed by atoms with van der Waals surface area (Å²) in [6.45, 7) is 8.99. The minimum absolute atomic E-state index is 0.353. The molecule has 0 unspecified atom stereocenters. The highest BCUT2D eigenvalue weighted by Gasteiger charge is 2.18. The van der Waals surface area contributed by atoms with E-state index in [1.165, 1.54) is 16.5 Å². The Hall–Kier alpha value is -0.340. The lowest BCUT2D eigenvalue weighted by Crippen LogP contribution is -2.24. The van der Waals surface area contributed by atoms with Gasteiger partial charge in [0, 0.05) is 4.47 Å². The van der Waals surface area contributed by atoms with Gasteiger partial charge in [-0.15, -0.1) is 0 Å². The van der Waals surface area contributed by atoms with E-state index in [-0.39, 0.29) is 0 Å². The number of benzene rings is 1. The smallest absolute Gasteiger partial charge is 0.0207 e. The molecule has 2 heteroatoms. The SMILES string of the molecule is CCNCCC(C)(C)Cc1ccccc1Br. The van der Waals surface area contributed by atoms with Crippen LogP contribution in [0, 0.1) is 5.41 Å². The van der Waals surface area contributed by atoms with Crippen LogP contribution >= 0.6 is 15.9 Å². The summed E-state index contributed by atoms with van der Waals surface area (Å²) in [6, 6.07) is 8.51. The molecular weight excluding hydrogens is 262 g/mol. The van der Waals surface area contributed by atoms with Gasteiger partial charge in [0.25, 0.3) is 0 Å². The van der Waals surface area contributed by atoms with Crippen LogP contribution in [0.5, 0.6) is 0 Å². The van der Waals surface area contributed by atoms with Crippen LogP contribution in [0.15, 0.2) is 28.7 Å². The first-order valence-electron chi connectivity index (χ1n) is 5.99. The summed E-state index contributed by atoms with van der Waals surface area (Å²) in [5, 5.41) is 3.39. The van der Waals surface area contributed by atoms with Crippen LogP contribution in [-0.2, 0) is 6.42 Å². The first-order chi connectivity index (χ1) is 7.55. The van der Waals surface area contributed by atoms with Crippen molar-refractivity contribution in [2.75, 3.05) is 13.1 Å². The molecule has 0 heterocycles. The monoisotopic (exact) mass is 283 g/mol. The number of nitrogens with one attached hydrogen (secondary N) is 1. The van der Waals surface area contributed by atoms with Crippen molar-refractivity contribution in [2.24, 2.45) is 5.41 Å². The molecular formula is C14H22BrN. The lowest BCUT2D eigenvalue weighted by Gasteiger charge is -2.25. The van der Waals surface area contributed by atoms with E-state index in [1.807, 2.05) is 0 Å². The fourth-order valence-corrected chi connectivity index (χ4v) is 2.27. The maximum Gasteiger partial charge on any atom is 0.0207 e. The summed E-state index contributed by atoms with van der Waals surface area (Å²) in [4.78, 5) is 0. The Morgan fingerprint density at radius 2 is 1.94 bits per heavy atom. The van der Waals surface area contributed by atoms with Crippen LogP contribution in [0.3, 0.4) is 0 Å². The Morgan fingerprint density at radius 3 is 2.56 bits per heavy atom. The van der Waals surface area contributed by atoms with Gasteiger partial charge in [0.15, 0.2) is 0 Å². The fraction of sp³-hybridized carbons (Fsp3) is 0.571. The molecule has 0 aliphatic carbocycles. The van der Waals surface area contributed by atoms with Crippen molar-refractivity contribution in [2.45, 2.75) is 33.6 Å². The first kappa shape index (κ1) is 13.7. The van der Waals surface area contributed by atoms with E-state index >= 15 is 0 Å². The van der Waals surface area contributed by atoms with Gasteiger partial charge < -0.3 is 5.32 Å². The Morgan fingerprint density at radius 1 is 1.25 bits per heavy atom. The Kier molecular flexibility index (Phi) is 5.50. The normalized spacial score (nSPS) is 11.8. The minimum Gasteiger partial charge on any atom is -0.317 e. The summed E-state index contributed by atoms with van der Waals surface area (Å²) >= 11 is 3.62. The molecule has 0 fully saturated rings. The third-order valence-corrected chi connectivity index (χ3v) is 3.63. The minimum atomic E-state index is 0.353. The van der Waals surface area contributed by atoms with E-state index in [2.05, 4.69) is 66.3 Å². The maximum absolute atomic E-state index is 3.62. The molecule has 0 saturated carbocycles. The predicted molar refractivity (Wildman–Crippen MR) is 74.8 cm³/mol. The highest BCUT2D eigenvalue weighted by atomic mass is 79.9. The van der Waals surface area contributed by atoms with E-state index in [0.29, 0.717) is 5.41 Å². The molecule has 0 atom stereocenters. The average Bonchev–Trinajstić information content (AvgIpc) is 2.21. The lowest BCUT2D eigenvalue weighted by atomic mass is 9.82. The summed E-state index contributed by atoms with van der Waals surface area (Å²) in [5.41, 5.74) is 1.76.